The van der Waals surface area contributed by atoms with E-state index in [0.29, 0.717) is 6.61 Å². The van der Waals surface area contributed by atoms with Crippen LogP contribution in [0.5, 0.6) is 0 Å². The third kappa shape index (κ3) is 2.69. The van der Waals surface area contributed by atoms with Crippen LogP contribution in [0.4, 0.5) is 0 Å². The predicted octanol–water partition coefficient (Wildman–Crippen LogP) is 2.24. The van der Waals surface area contributed by atoms with E-state index in [9.17, 15) is 4.79 Å². The van der Waals surface area contributed by atoms with Crippen molar-refractivity contribution < 1.29 is 14.3 Å². The van der Waals surface area contributed by atoms with Gasteiger partial charge >= 0.3 is 0 Å². The van der Waals surface area contributed by atoms with Gasteiger partial charge in [-0.25, -0.2) is 0 Å². The lowest BCUT2D eigenvalue weighted by Gasteiger charge is -2.42. The van der Waals surface area contributed by atoms with E-state index in [4.69, 9.17) is 9.47 Å². The molecule has 19 heavy (non-hydrogen) atoms. The summed E-state index contributed by atoms with van der Waals surface area (Å²) in [6.07, 6.45) is 6.81. The van der Waals surface area contributed by atoms with Crippen LogP contribution in [0, 0.1) is 5.92 Å². The fourth-order valence-corrected chi connectivity index (χ4v) is 3.09. The zero-order valence-electron chi connectivity index (χ0n) is 11.0. The Kier molecular flexibility index (Phi) is 3.62. The number of carbonyl (C=O) groups excluding carboxylic acids is 1. The number of ketones is 1. The Morgan fingerprint density at radius 1 is 1.32 bits per heavy atom. The Morgan fingerprint density at radius 3 is 2.89 bits per heavy atom. The molecule has 0 bridgehead atoms. The first kappa shape index (κ1) is 12.8. The van der Waals surface area contributed by atoms with Gasteiger partial charge in [-0.05, 0) is 37.8 Å². The number of hydrogen-bond donors (Lipinski definition) is 0. The predicted molar refractivity (Wildman–Crippen MR) is 70.0 cm³/mol. The topological polar surface area (TPSA) is 48.4 Å². The summed E-state index contributed by atoms with van der Waals surface area (Å²) in [5.41, 5.74) is 0.593. The molecule has 4 nitrogen and oxygen atoms in total. The van der Waals surface area contributed by atoms with Crippen molar-refractivity contribution in [3.05, 3.63) is 30.1 Å². The molecular weight excluding hydrogens is 242 g/mol. The minimum atomic E-state index is -0.126. The van der Waals surface area contributed by atoms with E-state index >= 15 is 0 Å². The van der Waals surface area contributed by atoms with Gasteiger partial charge in [0.2, 0.25) is 0 Å². The van der Waals surface area contributed by atoms with Crippen LogP contribution >= 0.6 is 0 Å². The molecule has 4 heteroatoms. The Bertz CT molecular complexity index is 434. The molecule has 2 saturated heterocycles. The summed E-state index contributed by atoms with van der Waals surface area (Å²) in [5, 5.41) is 0. The normalized spacial score (nSPS) is 26.2. The molecule has 0 saturated carbocycles. The molecule has 1 unspecified atom stereocenters. The van der Waals surface area contributed by atoms with Gasteiger partial charge < -0.3 is 9.47 Å². The average Bonchev–Trinajstić information content (AvgIpc) is 2.48. The van der Waals surface area contributed by atoms with Crippen LogP contribution < -0.4 is 0 Å². The van der Waals surface area contributed by atoms with Crippen LogP contribution in [0.25, 0.3) is 0 Å². The lowest BCUT2D eigenvalue weighted by Crippen LogP contribution is -2.45. The third-order valence-electron chi connectivity index (χ3n) is 4.21. The van der Waals surface area contributed by atoms with Crippen LogP contribution in [0.3, 0.4) is 0 Å². The van der Waals surface area contributed by atoms with Gasteiger partial charge in [0.1, 0.15) is 0 Å². The molecule has 1 spiro atoms. The van der Waals surface area contributed by atoms with Crippen molar-refractivity contribution in [1.29, 1.82) is 0 Å². The number of hydrogen-bond acceptors (Lipinski definition) is 4. The molecule has 1 aromatic rings. The molecule has 3 rings (SSSR count). The number of nitrogens with zero attached hydrogens (tertiary/aromatic N) is 1. The molecule has 0 aliphatic carbocycles. The lowest BCUT2D eigenvalue weighted by atomic mass is 9.78. The van der Waals surface area contributed by atoms with Crippen LogP contribution in [-0.4, -0.2) is 36.2 Å². The first-order valence-electron chi connectivity index (χ1n) is 6.95. The highest BCUT2D eigenvalue weighted by Gasteiger charge is 2.41. The number of aromatic nitrogens is 1. The third-order valence-corrected chi connectivity index (χ3v) is 4.21. The number of ether oxygens (including phenoxy) is 2. The van der Waals surface area contributed by atoms with E-state index in [1.165, 1.54) is 0 Å². The van der Waals surface area contributed by atoms with E-state index in [0.717, 1.165) is 44.5 Å². The van der Waals surface area contributed by atoms with E-state index in [2.05, 4.69) is 4.98 Å². The molecule has 1 atom stereocenters. The molecule has 2 aliphatic heterocycles. The lowest BCUT2D eigenvalue weighted by molar-refractivity contribution is -0.142. The van der Waals surface area contributed by atoms with E-state index < -0.39 is 0 Å². The Balaban J connectivity index is 1.73. The van der Waals surface area contributed by atoms with Crippen molar-refractivity contribution in [3.8, 4) is 0 Å². The number of pyridine rings is 1. The van der Waals surface area contributed by atoms with Gasteiger partial charge in [0.25, 0.3) is 0 Å². The molecule has 0 radical (unpaired) electrons. The number of Topliss-reactive ketones (excluding diaryl/α,β-unsaturated/α-hetero) is 1. The zero-order valence-corrected chi connectivity index (χ0v) is 11.0. The highest BCUT2D eigenvalue weighted by molar-refractivity contribution is 5.97. The second kappa shape index (κ2) is 5.39. The Labute approximate surface area is 113 Å². The quantitative estimate of drug-likeness (QED) is 0.766. The van der Waals surface area contributed by atoms with Crippen molar-refractivity contribution in [2.45, 2.75) is 31.3 Å². The Hall–Kier alpha value is -1.26. The number of carbonyl (C=O) groups is 1. The van der Waals surface area contributed by atoms with Crippen molar-refractivity contribution >= 4 is 5.78 Å². The SMILES string of the molecule is O=C(c1cccnc1)C1CCOC2(CCOCC2)C1. The van der Waals surface area contributed by atoms with Gasteiger partial charge in [-0.1, -0.05) is 0 Å². The van der Waals surface area contributed by atoms with Gasteiger partial charge in [0, 0.05) is 43.7 Å². The zero-order chi connectivity index (χ0) is 13.1. The van der Waals surface area contributed by atoms with E-state index in [1.807, 2.05) is 12.1 Å². The maximum absolute atomic E-state index is 12.5. The fourth-order valence-electron chi connectivity index (χ4n) is 3.09. The van der Waals surface area contributed by atoms with Gasteiger partial charge in [-0.3, -0.25) is 9.78 Å². The van der Waals surface area contributed by atoms with Gasteiger partial charge in [-0.2, -0.15) is 0 Å². The monoisotopic (exact) mass is 261 g/mol. The number of rotatable bonds is 2. The van der Waals surface area contributed by atoms with Gasteiger partial charge in [0.15, 0.2) is 5.78 Å². The van der Waals surface area contributed by atoms with Gasteiger partial charge in [-0.15, -0.1) is 0 Å². The van der Waals surface area contributed by atoms with Crippen LogP contribution in [0.1, 0.15) is 36.0 Å². The largest absolute Gasteiger partial charge is 0.381 e. The highest BCUT2D eigenvalue weighted by Crippen LogP contribution is 2.38. The summed E-state index contributed by atoms with van der Waals surface area (Å²) < 4.78 is 11.4. The highest BCUT2D eigenvalue weighted by atomic mass is 16.5. The average molecular weight is 261 g/mol. The van der Waals surface area contributed by atoms with Crippen molar-refractivity contribution in [2.75, 3.05) is 19.8 Å². The molecule has 0 aromatic carbocycles. The summed E-state index contributed by atoms with van der Waals surface area (Å²) in [6, 6.07) is 3.66. The maximum Gasteiger partial charge on any atom is 0.167 e. The van der Waals surface area contributed by atoms with Gasteiger partial charge in [0.05, 0.1) is 5.60 Å². The summed E-state index contributed by atoms with van der Waals surface area (Å²) >= 11 is 0. The molecule has 0 amide bonds. The first-order chi connectivity index (χ1) is 9.29. The van der Waals surface area contributed by atoms with Crippen LogP contribution in [0.15, 0.2) is 24.5 Å². The summed E-state index contributed by atoms with van der Waals surface area (Å²) in [5.74, 6) is 0.276. The minimum Gasteiger partial charge on any atom is -0.381 e. The maximum atomic E-state index is 12.5. The Morgan fingerprint density at radius 2 is 2.16 bits per heavy atom. The van der Waals surface area contributed by atoms with Crippen molar-refractivity contribution in [3.63, 3.8) is 0 Å². The van der Waals surface area contributed by atoms with Crippen LogP contribution in [-0.2, 0) is 9.47 Å². The fraction of sp³-hybridized carbons (Fsp3) is 0.600. The molecular formula is C15H19NO3. The second-order valence-corrected chi connectivity index (χ2v) is 5.44. The first-order valence-corrected chi connectivity index (χ1v) is 6.95. The smallest absolute Gasteiger partial charge is 0.167 e. The minimum absolute atomic E-state index is 0.0658. The van der Waals surface area contributed by atoms with Crippen molar-refractivity contribution in [2.24, 2.45) is 5.92 Å². The van der Waals surface area contributed by atoms with E-state index in [1.54, 1.807) is 12.4 Å². The second-order valence-electron chi connectivity index (χ2n) is 5.44. The molecule has 1 aromatic heterocycles. The molecule has 0 N–H and O–H groups in total. The molecule has 2 fully saturated rings. The molecule has 2 aliphatic rings. The molecule has 102 valence electrons. The summed E-state index contributed by atoms with van der Waals surface area (Å²) in [4.78, 5) is 16.5. The van der Waals surface area contributed by atoms with Crippen molar-refractivity contribution in [1.82, 2.24) is 4.98 Å². The summed E-state index contributed by atoms with van der Waals surface area (Å²) in [6.45, 7) is 2.16. The summed E-state index contributed by atoms with van der Waals surface area (Å²) in [7, 11) is 0. The van der Waals surface area contributed by atoms with Crippen LogP contribution in [0.2, 0.25) is 0 Å². The molecule has 3 heterocycles. The standard InChI is InChI=1S/C15H19NO3/c17-14(13-2-1-6-16-11-13)12-3-7-19-15(10-12)4-8-18-9-5-15/h1-2,6,11-12H,3-5,7-10H2. The van der Waals surface area contributed by atoms with E-state index in [-0.39, 0.29) is 17.3 Å².